The van der Waals surface area contributed by atoms with Crippen LogP contribution in [-0.2, 0) is 9.47 Å². The summed E-state index contributed by atoms with van der Waals surface area (Å²) in [5.41, 5.74) is 2.55. The van der Waals surface area contributed by atoms with Crippen LogP contribution in [0, 0.1) is 6.92 Å². The fraction of sp³-hybridized carbons (Fsp3) is 0.647. The Morgan fingerprint density at radius 1 is 1.30 bits per heavy atom. The number of aryl methyl sites for hydroxylation is 1. The molecule has 0 spiro atoms. The molecule has 0 bridgehead atoms. The molecule has 20 heavy (non-hydrogen) atoms. The fourth-order valence-electron chi connectivity index (χ4n) is 2.50. The Balaban J connectivity index is 2.02. The molecule has 3 nitrogen and oxygen atoms in total. The molecule has 3 heteroatoms. The lowest BCUT2D eigenvalue weighted by Gasteiger charge is -2.29. The molecular formula is C17H27NO2. The van der Waals surface area contributed by atoms with Crippen LogP contribution in [-0.4, -0.2) is 31.9 Å². The van der Waals surface area contributed by atoms with Gasteiger partial charge in [0.1, 0.15) is 0 Å². The van der Waals surface area contributed by atoms with E-state index in [0.717, 1.165) is 32.6 Å². The van der Waals surface area contributed by atoms with Crippen molar-refractivity contribution in [3.05, 3.63) is 35.4 Å². The van der Waals surface area contributed by atoms with Gasteiger partial charge < -0.3 is 14.8 Å². The van der Waals surface area contributed by atoms with Crippen LogP contribution in [0.15, 0.2) is 24.3 Å². The lowest BCUT2D eigenvalue weighted by molar-refractivity contribution is -0.0693. The molecule has 2 rings (SSSR count). The maximum atomic E-state index is 6.34. The molecular weight excluding hydrogens is 250 g/mol. The lowest BCUT2D eigenvalue weighted by Crippen LogP contribution is -2.33. The quantitative estimate of drug-likeness (QED) is 0.866. The van der Waals surface area contributed by atoms with E-state index in [0.29, 0.717) is 12.1 Å². The zero-order chi connectivity index (χ0) is 14.4. The molecule has 1 fully saturated rings. The average molecular weight is 277 g/mol. The zero-order valence-electron chi connectivity index (χ0n) is 12.9. The first-order chi connectivity index (χ1) is 9.65. The molecule has 1 unspecified atom stereocenters. The summed E-state index contributed by atoms with van der Waals surface area (Å²) in [6, 6.07) is 9.11. The van der Waals surface area contributed by atoms with E-state index >= 15 is 0 Å². The molecule has 0 radical (unpaired) electrons. The molecule has 112 valence electrons. The highest BCUT2D eigenvalue weighted by atomic mass is 16.5. The topological polar surface area (TPSA) is 30.5 Å². The summed E-state index contributed by atoms with van der Waals surface area (Å²) in [6.45, 7) is 8.97. The van der Waals surface area contributed by atoms with Crippen molar-refractivity contribution in [1.29, 1.82) is 0 Å². The van der Waals surface area contributed by atoms with E-state index in [1.54, 1.807) is 0 Å². The molecule has 1 aromatic carbocycles. The molecule has 1 aliphatic heterocycles. The van der Waals surface area contributed by atoms with E-state index in [4.69, 9.17) is 9.47 Å². The highest BCUT2D eigenvalue weighted by molar-refractivity contribution is 5.24. The number of rotatable bonds is 6. The van der Waals surface area contributed by atoms with Crippen LogP contribution in [0.4, 0.5) is 0 Å². The third-order valence-electron chi connectivity index (χ3n) is 3.65. The molecule has 0 amide bonds. The normalized spacial score (nSPS) is 18.4. The summed E-state index contributed by atoms with van der Waals surface area (Å²) >= 11 is 0. The van der Waals surface area contributed by atoms with Crippen molar-refractivity contribution in [2.24, 2.45) is 0 Å². The van der Waals surface area contributed by atoms with Crippen LogP contribution in [0.5, 0.6) is 0 Å². The Morgan fingerprint density at radius 2 is 2.05 bits per heavy atom. The third-order valence-corrected chi connectivity index (χ3v) is 3.65. The van der Waals surface area contributed by atoms with E-state index in [1.165, 1.54) is 11.1 Å². The van der Waals surface area contributed by atoms with Crippen LogP contribution in [0.25, 0.3) is 0 Å². The van der Waals surface area contributed by atoms with Gasteiger partial charge in [-0.2, -0.15) is 0 Å². The first kappa shape index (κ1) is 15.5. The Bertz CT molecular complexity index is 400. The van der Waals surface area contributed by atoms with E-state index in [1.807, 2.05) is 0 Å². The van der Waals surface area contributed by atoms with Gasteiger partial charge >= 0.3 is 0 Å². The standard InChI is InChI=1S/C17H27NO2/c1-13(2)18-12-17(15-6-4-5-14(3)11-15)20-16-7-9-19-10-8-16/h4-6,11,13,16-18H,7-10,12H2,1-3H3. The van der Waals surface area contributed by atoms with Crippen molar-refractivity contribution < 1.29 is 9.47 Å². The highest BCUT2D eigenvalue weighted by Gasteiger charge is 2.21. The number of nitrogens with one attached hydrogen (secondary N) is 1. The largest absolute Gasteiger partial charge is 0.381 e. The van der Waals surface area contributed by atoms with Crippen LogP contribution in [0.3, 0.4) is 0 Å². The van der Waals surface area contributed by atoms with Gasteiger partial charge in [-0.25, -0.2) is 0 Å². The predicted octanol–water partition coefficient (Wildman–Crippen LogP) is 3.23. The molecule has 1 aliphatic rings. The summed E-state index contributed by atoms with van der Waals surface area (Å²) in [5, 5.41) is 3.50. The summed E-state index contributed by atoms with van der Waals surface area (Å²) in [6.07, 6.45) is 2.46. The van der Waals surface area contributed by atoms with Gasteiger partial charge in [0.05, 0.1) is 12.2 Å². The zero-order valence-corrected chi connectivity index (χ0v) is 12.9. The SMILES string of the molecule is Cc1cccc(C(CNC(C)C)OC2CCOCC2)c1. The molecule has 1 heterocycles. The number of hydrogen-bond donors (Lipinski definition) is 1. The number of hydrogen-bond acceptors (Lipinski definition) is 3. The molecule has 0 aromatic heterocycles. The highest BCUT2D eigenvalue weighted by Crippen LogP contribution is 2.23. The Labute approximate surface area is 122 Å². The second-order valence-electron chi connectivity index (χ2n) is 5.91. The van der Waals surface area contributed by atoms with Crippen LogP contribution >= 0.6 is 0 Å². The minimum absolute atomic E-state index is 0.125. The maximum absolute atomic E-state index is 6.34. The second kappa shape index (κ2) is 7.77. The third kappa shape index (κ3) is 4.89. The number of benzene rings is 1. The summed E-state index contributed by atoms with van der Waals surface area (Å²) in [7, 11) is 0. The summed E-state index contributed by atoms with van der Waals surface area (Å²) < 4.78 is 11.7. The minimum Gasteiger partial charge on any atom is -0.381 e. The van der Waals surface area contributed by atoms with Gasteiger partial charge in [-0.3, -0.25) is 0 Å². The van der Waals surface area contributed by atoms with Crippen LogP contribution in [0.1, 0.15) is 43.9 Å². The van der Waals surface area contributed by atoms with E-state index in [-0.39, 0.29) is 6.10 Å². The van der Waals surface area contributed by atoms with Gasteiger partial charge in [-0.1, -0.05) is 43.7 Å². The van der Waals surface area contributed by atoms with E-state index in [9.17, 15) is 0 Å². The Hall–Kier alpha value is -0.900. The average Bonchev–Trinajstić information content (AvgIpc) is 2.44. The monoisotopic (exact) mass is 277 g/mol. The predicted molar refractivity (Wildman–Crippen MR) is 82.0 cm³/mol. The van der Waals surface area contributed by atoms with Gasteiger partial charge in [-0.05, 0) is 25.3 Å². The van der Waals surface area contributed by atoms with Gasteiger partial charge in [0.25, 0.3) is 0 Å². The summed E-state index contributed by atoms with van der Waals surface area (Å²) in [5.74, 6) is 0. The first-order valence-corrected chi connectivity index (χ1v) is 7.68. The van der Waals surface area contributed by atoms with Crippen molar-refractivity contribution in [3.8, 4) is 0 Å². The van der Waals surface area contributed by atoms with Gasteiger partial charge in [-0.15, -0.1) is 0 Å². The second-order valence-corrected chi connectivity index (χ2v) is 5.91. The maximum Gasteiger partial charge on any atom is 0.0953 e. The van der Waals surface area contributed by atoms with Crippen molar-refractivity contribution in [3.63, 3.8) is 0 Å². The van der Waals surface area contributed by atoms with Crippen molar-refractivity contribution in [2.45, 2.75) is 51.9 Å². The number of ether oxygens (including phenoxy) is 2. The van der Waals surface area contributed by atoms with E-state index in [2.05, 4.69) is 50.4 Å². The van der Waals surface area contributed by atoms with Crippen molar-refractivity contribution >= 4 is 0 Å². The van der Waals surface area contributed by atoms with Gasteiger partial charge in [0.15, 0.2) is 0 Å². The van der Waals surface area contributed by atoms with Crippen molar-refractivity contribution in [1.82, 2.24) is 5.32 Å². The smallest absolute Gasteiger partial charge is 0.0953 e. The van der Waals surface area contributed by atoms with E-state index < -0.39 is 0 Å². The first-order valence-electron chi connectivity index (χ1n) is 7.68. The molecule has 1 atom stereocenters. The van der Waals surface area contributed by atoms with Crippen LogP contribution in [0.2, 0.25) is 0 Å². The van der Waals surface area contributed by atoms with Crippen LogP contribution < -0.4 is 5.32 Å². The summed E-state index contributed by atoms with van der Waals surface area (Å²) in [4.78, 5) is 0. The Morgan fingerprint density at radius 3 is 2.70 bits per heavy atom. The minimum atomic E-state index is 0.125. The molecule has 1 aromatic rings. The molecule has 0 saturated carbocycles. The van der Waals surface area contributed by atoms with Gasteiger partial charge in [0, 0.05) is 25.8 Å². The lowest BCUT2D eigenvalue weighted by atomic mass is 10.1. The molecule has 1 saturated heterocycles. The molecule has 1 N–H and O–H groups in total. The van der Waals surface area contributed by atoms with Crippen molar-refractivity contribution in [2.75, 3.05) is 19.8 Å². The Kier molecular flexibility index (Phi) is 6.02. The molecule has 0 aliphatic carbocycles. The fourth-order valence-corrected chi connectivity index (χ4v) is 2.50. The van der Waals surface area contributed by atoms with Gasteiger partial charge in [0.2, 0.25) is 0 Å².